The molecule has 50 valence electrons. The Labute approximate surface area is 79.4 Å². The van der Waals surface area contributed by atoms with Crippen molar-refractivity contribution < 1.29 is 40.9 Å². The van der Waals surface area contributed by atoms with Crippen LogP contribution in [0.3, 0.4) is 0 Å². The smallest absolute Gasteiger partial charge is 1.00 e. The first-order valence-electron chi connectivity index (χ1n) is 2.87. The summed E-state index contributed by atoms with van der Waals surface area (Å²) in [6.45, 7) is 1.77. The number of unbranched alkanes of at least 4 members (excludes halogenated alkanes) is 1. The topological polar surface area (TPSA) is 37.3 Å². The van der Waals surface area contributed by atoms with E-state index in [2.05, 4.69) is 0 Å². The normalized spacial score (nSPS) is 8.22. The van der Waals surface area contributed by atoms with Crippen LogP contribution >= 0.6 is 0 Å². The molecule has 0 aliphatic carbocycles. The number of aliphatic hydroxyl groups is 1. The third-order valence-electron chi connectivity index (χ3n) is 0.937. The zero-order chi connectivity index (χ0) is 6.41. The van der Waals surface area contributed by atoms with Gasteiger partial charge in [0.25, 0.3) is 0 Å². The Morgan fingerprint density at radius 1 is 1.56 bits per heavy atom. The van der Waals surface area contributed by atoms with Crippen molar-refractivity contribution in [2.75, 3.05) is 6.61 Å². The minimum Gasteiger partial charge on any atom is -1.00 e. The van der Waals surface area contributed by atoms with Crippen molar-refractivity contribution in [1.82, 2.24) is 0 Å². The van der Waals surface area contributed by atoms with E-state index in [1.165, 1.54) is 0 Å². The molecule has 0 aliphatic rings. The second-order valence-electron chi connectivity index (χ2n) is 1.88. The van der Waals surface area contributed by atoms with E-state index >= 15 is 0 Å². The molecule has 0 radical (unpaired) electrons. The van der Waals surface area contributed by atoms with Gasteiger partial charge in [-0.05, 0) is 19.8 Å². The van der Waals surface area contributed by atoms with Gasteiger partial charge in [-0.1, -0.05) is 0 Å². The maximum atomic E-state index is 10.2. The summed E-state index contributed by atoms with van der Waals surface area (Å²) in [5, 5.41) is 8.27. The second kappa shape index (κ2) is 8.63. The molecule has 9 heavy (non-hydrogen) atoms. The molecule has 0 saturated heterocycles. The van der Waals surface area contributed by atoms with Crippen molar-refractivity contribution in [2.24, 2.45) is 0 Å². The van der Waals surface area contributed by atoms with E-state index in [1.54, 1.807) is 6.92 Å². The molecule has 2 nitrogen and oxygen atoms in total. The van der Waals surface area contributed by atoms with Gasteiger partial charge in [-0.3, -0.25) is 0 Å². The molecule has 0 aromatic heterocycles. The van der Waals surface area contributed by atoms with E-state index in [-0.39, 0.29) is 43.4 Å². The number of Topliss-reactive ketones (excluding diaryl/α,β-unsaturated/α-hetero) is 1. The summed E-state index contributed by atoms with van der Waals surface area (Å²) in [5.41, 5.74) is 0. The van der Waals surface area contributed by atoms with Crippen LogP contribution in [0.25, 0.3) is 0 Å². The van der Waals surface area contributed by atoms with Crippen molar-refractivity contribution in [3.8, 4) is 0 Å². The van der Waals surface area contributed by atoms with E-state index in [1.807, 2.05) is 0 Å². The molecule has 0 unspecified atom stereocenters. The van der Waals surface area contributed by atoms with Gasteiger partial charge in [0.2, 0.25) is 0 Å². The molecular formula is C6H13NaO2. The number of hydrogen-bond acceptors (Lipinski definition) is 2. The van der Waals surface area contributed by atoms with Gasteiger partial charge in [-0.25, -0.2) is 0 Å². The summed E-state index contributed by atoms with van der Waals surface area (Å²) in [4.78, 5) is 10.2. The van der Waals surface area contributed by atoms with Crippen LogP contribution in [0.4, 0.5) is 0 Å². The van der Waals surface area contributed by atoms with Gasteiger partial charge in [-0.2, -0.15) is 0 Å². The molecule has 0 saturated carbocycles. The molecular weight excluding hydrogens is 127 g/mol. The number of carbonyl (C=O) groups is 1. The van der Waals surface area contributed by atoms with Crippen molar-refractivity contribution in [3.05, 3.63) is 0 Å². The monoisotopic (exact) mass is 140 g/mol. The van der Waals surface area contributed by atoms with E-state index in [0.29, 0.717) is 6.42 Å². The van der Waals surface area contributed by atoms with Gasteiger partial charge in [-0.15, -0.1) is 0 Å². The van der Waals surface area contributed by atoms with Gasteiger partial charge < -0.3 is 11.3 Å². The van der Waals surface area contributed by atoms with Crippen LogP contribution in [0.15, 0.2) is 0 Å². The maximum Gasteiger partial charge on any atom is 1.00 e. The van der Waals surface area contributed by atoms with Crippen molar-refractivity contribution >= 4 is 5.78 Å². The number of carbonyl (C=O) groups excluding carboxylic acids is 1. The molecule has 0 heterocycles. The molecule has 0 amide bonds. The summed E-state index contributed by atoms with van der Waals surface area (Å²) in [6.07, 6.45) is 2.19. The Morgan fingerprint density at radius 3 is 2.44 bits per heavy atom. The Bertz CT molecular complexity index is 78.1. The third kappa shape index (κ3) is 12.0. The summed E-state index contributed by atoms with van der Waals surface area (Å²) >= 11 is 0. The predicted molar refractivity (Wildman–Crippen MR) is 32.7 cm³/mol. The zero-order valence-electron chi connectivity index (χ0n) is 7.18. The molecule has 1 N–H and O–H groups in total. The molecule has 3 heteroatoms. The Kier molecular flexibility index (Phi) is 11.8. The quantitative estimate of drug-likeness (QED) is 0.357. The van der Waals surface area contributed by atoms with E-state index in [0.717, 1.165) is 12.8 Å². The van der Waals surface area contributed by atoms with Gasteiger partial charge in [0.15, 0.2) is 0 Å². The van der Waals surface area contributed by atoms with Gasteiger partial charge in [0, 0.05) is 13.0 Å². The van der Waals surface area contributed by atoms with Crippen molar-refractivity contribution in [1.29, 1.82) is 0 Å². The van der Waals surface area contributed by atoms with Crippen LogP contribution < -0.4 is 29.6 Å². The fraction of sp³-hybridized carbons (Fsp3) is 0.833. The summed E-state index contributed by atoms with van der Waals surface area (Å²) in [5.74, 6) is 0.207. The Morgan fingerprint density at radius 2 is 2.11 bits per heavy atom. The molecule has 0 atom stereocenters. The largest absolute Gasteiger partial charge is 1.00 e. The first kappa shape index (κ1) is 12.3. The molecule has 0 aromatic rings. The van der Waals surface area contributed by atoms with Crippen LogP contribution in [0.1, 0.15) is 27.6 Å². The third-order valence-corrected chi connectivity index (χ3v) is 0.937. The average Bonchev–Trinajstić information content (AvgIpc) is 1.66. The average molecular weight is 140 g/mol. The molecule has 0 rings (SSSR count). The molecule has 0 fully saturated rings. The van der Waals surface area contributed by atoms with Crippen LogP contribution in [0.2, 0.25) is 0 Å². The minimum absolute atomic E-state index is 0. The predicted octanol–water partition coefficient (Wildman–Crippen LogP) is -2.15. The van der Waals surface area contributed by atoms with Crippen LogP contribution in [0.5, 0.6) is 0 Å². The van der Waals surface area contributed by atoms with Crippen LogP contribution in [-0.2, 0) is 4.79 Å². The van der Waals surface area contributed by atoms with Crippen LogP contribution in [0, 0.1) is 0 Å². The first-order valence-corrected chi connectivity index (χ1v) is 2.87. The maximum absolute atomic E-state index is 10.2. The standard InChI is InChI=1S/C6H12O2.Na.H/c1-6(8)4-2-3-5-7;;/h7H,2-5H2,1H3;;/q;+1;-1. The fourth-order valence-electron chi connectivity index (χ4n) is 0.486. The number of rotatable bonds is 4. The van der Waals surface area contributed by atoms with Gasteiger partial charge in [0.1, 0.15) is 5.78 Å². The fourth-order valence-corrected chi connectivity index (χ4v) is 0.486. The van der Waals surface area contributed by atoms with Gasteiger partial charge >= 0.3 is 29.6 Å². The molecule has 0 aromatic carbocycles. The Balaban J connectivity index is -0.000000245. The SMILES string of the molecule is CC(=O)CCCCO.[H-].[Na+]. The van der Waals surface area contributed by atoms with Crippen molar-refractivity contribution in [3.63, 3.8) is 0 Å². The van der Waals surface area contributed by atoms with E-state index < -0.39 is 0 Å². The summed E-state index contributed by atoms with van der Waals surface area (Å²) < 4.78 is 0. The first-order chi connectivity index (χ1) is 3.77. The molecule has 0 aliphatic heterocycles. The number of ketones is 1. The minimum atomic E-state index is 0. The van der Waals surface area contributed by atoms with Crippen molar-refractivity contribution in [2.45, 2.75) is 26.2 Å². The summed E-state index contributed by atoms with van der Waals surface area (Å²) in [7, 11) is 0. The van der Waals surface area contributed by atoms with Crippen LogP contribution in [-0.4, -0.2) is 17.5 Å². The molecule has 0 bridgehead atoms. The summed E-state index contributed by atoms with van der Waals surface area (Å²) in [6, 6.07) is 0. The van der Waals surface area contributed by atoms with E-state index in [9.17, 15) is 4.79 Å². The Hall–Kier alpha value is 0.630. The molecule has 0 spiro atoms. The number of aliphatic hydroxyl groups excluding tert-OH is 1. The van der Waals surface area contributed by atoms with Gasteiger partial charge in [0.05, 0.1) is 0 Å². The van der Waals surface area contributed by atoms with E-state index in [4.69, 9.17) is 5.11 Å². The zero-order valence-corrected chi connectivity index (χ0v) is 8.18. The number of hydrogen-bond donors (Lipinski definition) is 1. The second-order valence-corrected chi connectivity index (χ2v) is 1.88.